The molecule has 0 aliphatic rings. The van der Waals surface area contributed by atoms with E-state index >= 15 is 0 Å². The van der Waals surface area contributed by atoms with E-state index in [4.69, 9.17) is 10.1 Å². The van der Waals surface area contributed by atoms with E-state index in [0.29, 0.717) is 11.5 Å². The second-order valence-corrected chi connectivity index (χ2v) is 2.50. The molecule has 1 rings (SSSR count). The van der Waals surface area contributed by atoms with Gasteiger partial charge in [0.05, 0.1) is 0 Å². The van der Waals surface area contributed by atoms with Crippen LogP contribution in [-0.2, 0) is 6.42 Å². The second-order valence-electron chi connectivity index (χ2n) is 2.50. The zero-order chi connectivity index (χ0) is 9.68. The van der Waals surface area contributed by atoms with Crippen molar-refractivity contribution >= 4 is 0 Å². The van der Waals surface area contributed by atoms with Gasteiger partial charge in [-0.1, -0.05) is 19.1 Å². The Bertz CT molecular complexity index is 276. The topological polar surface area (TPSA) is 50.7 Å². The maximum Gasteiger partial charge on any atom is 0.212 e. The third-order valence-corrected chi connectivity index (χ3v) is 1.74. The molecular weight excluding hydrogens is 170 g/mol. The number of hydrogen-bond donors (Lipinski definition) is 2. The summed E-state index contributed by atoms with van der Waals surface area (Å²) < 4.78 is 0. The molecule has 0 spiro atoms. The van der Waals surface area contributed by atoms with Crippen LogP contribution in [0.2, 0.25) is 0 Å². The summed E-state index contributed by atoms with van der Waals surface area (Å²) in [6.07, 6.45) is 0.775. The van der Waals surface area contributed by atoms with Crippen molar-refractivity contribution in [2.75, 3.05) is 7.05 Å². The highest BCUT2D eigenvalue weighted by molar-refractivity contribution is 5.46. The van der Waals surface area contributed by atoms with Gasteiger partial charge < -0.3 is 9.73 Å². The van der Waals surface area contributed by atoms with Crippen LogP contribution < -0.4 is 15.2 Å². The summed E-state index contributed by atoms with van der Waals surface area (Å²) in [7, 11) is 1.64. The average molecular weight is 183 g/mol. The number of aryl methyl sites for hydroxylation is 1. The van der Waals surface area contributed by atoms with Crippen LogP contribution in [0.15, 0.2) is 18.2 Å². The molecule has 72 valence electrons. The lowest BCUT2D eigenvalue weighted by atomic mass is 10.1. The van der Waals surface area contributed by atoms with Gasteiger partial charge in [0.2, 0.25) is 5.75 Å². The monoisotopic (exact) mass is 183 g/mol. The first-order valence-electron chi connectivity index (χ1n) is 4.10. The highest BCUT2D eigenvalue weighted by Gasteiger charge is 2.09. The molecular formula is C9H13NO3. The summed E-state index contributed by atoms with van der Waals surface area (Å²) in [6.45, 7) is 1.97. The van der Waals surface area contributed by atoms with E-state index in [-0.39, 0.29) is 0 Å². The van der Waals surface area contributed by atoms with Crippen LogP contribution in [0.4, 0.5) is 0 Å². The fourth-order valence-corrected chi connectivity index (χ4v) is 1.13. The second kappa shape index (κ2) is 4.69. The molecule has 0 saturated heterocycles. The predicted octanol–water partition coefficient (Wildman–Crippen LogP) is 1.61. The lowest BCUT2D eigenvalue weighted by Gasteiger charge is -2.09. The molecule has 0 heterocycles. The molecule has 0 amide bonds. The number of hydrogen-bond acceptors (Lipinski definition) is 4. The van der Waals surface area contributed by atoms with Crippen molar-refractivity contribution < 1.29 is 15.0 Å². The normalized spacial score (nSPS) is 9.77. The summed E-state index contributed by atoms with van der Waals surface area (Å²) in [5, 5.41) is 8.65. The van der Waals surface area contributed by atoms with Crippen molar-refractivity contribution in [3.63, 3.8) is 0 Å². The van der Waals surface area contributed by atoms with Gasteiger partial charge in [-0.3, -0.25) is 0 Å². The molecule has 0 aliphatic heterocycles. The fourth-order valence-electron chi connectivity index (χ4n) is 1.13. The lowest BCUT2D eigenvalue weighted by molar-refractivity contribution is -0.140. The van der Waals surface area contributed by atoms with Crippen molar-refractivity contribution in [2.45, 2.75) is 13.3 Å². The minimum atomic E-state index is 0.361. The SMILES string of the molecule is CCc1cccc(ONC)c1OO. The van der Waals surface area contributed by atoms with E-state index in [9.17, 15) is 0 Å². The molecule has 0 radical (unpaired) electrons. The Balaban J connectivity index is 3.03. The first kappa shape index (κ1) is 9.83. The van der Waals surface area contributed by atoms with Gasteiger partial charge in [-0.15, -0.1) is 0 Å². The van der Waals surface area contributed by atoms with Gasteiger partial charge >= 0.3 is 0 Å². The smallest absolute Gasteiger partial charge is 0.212 e. The molecule has 0 saturated carbocycles. The molecule has 13 heavy (non-hydrogen) atoms. The van der Waals surface area contributed by atoms with Gasteiger partial charge in [0.1, 0.15) is 0 Å². The fraction of sp³-hybridized carbons (Fsp3) is 0.333. The van der Waals surface area contributed by atoms with Crippen LogP contribution in [0.1, 0.15) is 12.5 Å². The molecule has 2 N–H and O–H groups in total. The molecule has 1 aromatic rings. The van der Waals surface area contributed by atoms with Crippen molar-refractivity contribution in [1.82, 2.24) is 5.48 Å². The molecule has 0 bridgehead atoms. The van der Waals surface area contributed by atoms with E-state index in [1.807, 2.05) is 19.1 Å². The quantitative estimate of drug-likeness (QED) is 0.550. The standard InChI is InChI=1S/C9H13NO3/c1-3-7-5-4-6-8(12-10-2)9(7)13-11/h4-6,10-11H,3H2,1-2H3. The summed E-state index contributed by atoms with van der Waals surface area (Å²) in [6, 6.07) is 5.42. The first-order valence-corrected chi connectivity index (χ1v) is 4.10. The van der Waals surface area contributed by atoms with Crippen LogP contribution in [0.25, 0.3) is 0 Å². The zero-order valence-corrected chi connectivity index (χ0v) is 7.70. The zero-order valence-electron chi connectivity index (χ0n) is 7.70. The van der Waals surface area contributed by atoms with Gasteiger partial charge in [0.25, 0.3) is 0 Å². The van der Waals surface area contributed by atoms with Crippen LogP contribution in [0, 0.1) is 0 Å². The Morgan fingerprint density at radius 3 is 2.77 bits per heavy atom. The summed E-state index contributed by atoms with van der Waals surface area (Å²) >= 11 is 0. The number of para-hydroxylation sites is 1. The Labute approximate surface area is 77.0 Å². The first-order chi connectivity index (χ1) is 6.33. The third kappa shape index (κ3) is 2.11. The Kier molecular flexibility index (Phi) is 3.54. The van der Waals surface area contributed by atoms with E-state index in [0.717, 1.165) is 12.0 Å². The molecule has 0 unspecified atom stereocenters. The molecule has 4 heteroatoms. The van der Waals surface area contributed by atoms with E-state index < -0.39 is 0 Å². The molecule has 4 nitrogen and oxygen atoms in total. The van der Waals surface area contributed by atoms with Crippen molar-refractivity contribution in [3.05, 3.63) is 23.8 Å². The Hall–Kier alpha value is -1.26. The summed E-state index contributed by atoms with van der Waals surface area (Å²) in [5.74, 6) is 0.837. The number of nitrogens with one attached hydrogen (secondary N) is 1. The highest BCUT2D eigenvalue weighted by Crippen LogP contribution is 2.30. The molecule has 0 fully saturated rings. The molecule has 0 aromatic heterocycles. The molecule has 0 aliphatic carbocycles. The number of benzene rings is 1. The molecule has 1 aromatic carbocycles. The largest absolute Gasteiger partial charge is 0.405 e. The highest BCUT2D eigenvalue weighted by atomic mass is 17.1. The average Bonchev–Trinajstić information content (AvgIpc) is 2.18. The number of hydroxylamine groups is 1. The van der Waals surface area contributed by atoms with Crippen molar-refractivity contribution in [1.29, 1.82) is 0 Å². The van der Waals surface area contributed by atoms with E-state index in [2.05, 4.69) is 10.4 Å². The molecule has 0 atom stereocenters. The maximum absolute atomic E-state index is 8.65. The minimum Gasteiger partial charge on any atom is -0.405 e. The van der Waals surface area contributed by atoms with Crippen LogP contribution in [0.5, 0.6) is 11.5 Å². The van der Waals surface area contributed by atoms with Crippen LogP contribution >= 0.6 is 0 Å². The third-order valence-electron chi connectivity index (χ3n) is 1.74. The van der Waals surface area contributed by atoms with Crippen molar-refractivity contribution in [3.8, 4) is 11.5 Å². The predicted molar refractivity (Wildman–Crippen MR) is 48.8 cm³/mol. The van der Waals surface area contributed by atoms with Crippen molar-refractivity contribution in [2.24, 2.45) is 0 Å². The number of rotatable bonds is 4. The lowest BCUT2D eigenvalue weighted by Crippen LogP contribution is -2.12. The van der Waals surface area contributed by atoms with E-state index in [1.54, 1.807) is 13.1 Å². The van der Waals surface area contributed by atoms with E-state index in [1.165, 1.54) is 0 Å². The maximum atomic E-state index is 8.65. The van der Waals surface area contributed by atoms with Gasteiger partial charge in [-0.2, -0.15) is 5.48 Å². The van der Waals surface area contributed by atoms with Gasteiger partial charge in [0.15, 0.2) is 5.75 Å². The van der Waals surface area contributed by atoms with Crippen LogP contribution in [0.3, 0.4) is 0 Å². The summed E-state index contributed by atoms with van der Waals surface area (Å²) in [5.41, 5.74) is 3.42. The van der Waals surface area contributed by atoms with Gasteiger partial charge in [-0.25, -0.2) is 5.26 Å². The van der Waals surface area contributed by atoms with Crippen LogP contribution in [-0.4, -0.2) is 12.3 Å². The minimum absolute atomic E-state index is 0.361. The Morgan fingerprint density at radius 1 is 1.46 bits per heavy atom. The van der Waals surface area contributed by atoms with Gasteiger partial charge in [0, 0.05) is 12.6 Å². The van der Waals surface area contributed by atoms with Gasteiger partial charge in [-0.05, 0) is 12.5 Å². The Morgan fingerprint density at radius 2 is 2.23 bits per heavy atom. The summed E-state index contributed by atoms with van der Waals surface area (Å²) in [4.78, 5) is 9.29.